The molecule has 2 rings (SSSR count). The van der Waals surface area contributed by atoms with E-state index in [0.717, 1.165) is 56.5 Å². The Morgan fingerprint density at radius 2 is 2.29 bits per heavy atom. The van der Waals surface area contributed by atoms with Crippen molar-refractivity contribution in [3.05, 3.63) is 16.9 Å². The molecule has 0 radical (unpaired) electrons. The van der Waals surface area contributed by atoms with Gasteiger partial charge in [0.25, 0.3) is 0 Å². The summed E-state index contributed by atoms with van der Waals surface area (Å²) >= 11 is 6.41. The smallest absolute Gasteiger partial charge is 0.0912 e. The van der Waals surface area contributed by atoms with E-state index in [1.807, 2.05) is 4.68 Å². The first kappa shape index (κ1) is 16.7. The molecule has 1 fully saturated rings. The molecule has 6 heteroatoms. The highest BCUT2D eigenvalue weighted by atomic mass is 35.5. The van der Waals surface area contributed by atoms with Gasteiger partial charge in [-0.05, 0) is 19.5 Å². The van der Waals surface area contributed by atoms with Crippen molar-refractivity contribution in [3.63, 3.8) is 0 Å². The molecule has 120 valence electrons. The molecule has 2 unspecified atom stereocenters. The summed E-state index contributed by atoms with van der Waals surface area (Å²) in [6.07, 6.45) is 2.90. The van der Waals surface area contributed by atoms with E-state index in [-0.39, 0.29) is 12.1 Å². The van der Waals surface area contributed by atoms with Gasteiger partial charge in [-0.15, -0.1) is 0 Å². The molecule has 0 bridgehead atoms. The van der Waals surface area contributed by atoms with E-state index in [2.05, 4.69) is 36.1 Å². The summed E-state index contributed by atoms with van der Waals surface area (Å²) in [5.41, 5.74) is 1.06. The molecule has 1 aliphatic rings. The molecule has 5 nitrogen and oxygen atoms in total. The van der Waals surface area contributed by atoms with Crippen LogP contribution in [0.15, 0.2) is 6.20 Å². The second-order valence-corrected chi connectivity index (χ2v) is 5.85. The summed E-state index contributed by atoms with van der Waals surface area (Å²) in [6, 6.07) is 0.0888. The zero-order chi connectivity index (χ0) is 15.2. The van der Waals surface area contributed by atoms with Gasteiger partial charge in [0.05, 0.1) is 35.7 Å². The number of nitrogens with one attached hydrogen (secondary N) is 1. The van der Waals surface area contributed by atoms with Crippen molar-refractivity contribution in [3.8, 4) is 0 Å². The third-order valence-corrected chi connectivity index (χ3v) is 4.28. The Morgan fingerprint density at radius 3 is 2.95 bits per heavy atom. The van der Waals surface area contributed by atoms with Gasteiger partial charge in [-0.2, -0.15) is 5.10 Å². The van der Waals surface area contributed by atoms with Crippen LogP contribution in [-0.2, 0) is 11.3 Å². The zero-order valence-electron chi connectivity index (χ0n) is 13.3. The Balaban J connectivity index is 2.23. The van der Waals surface area contributed by atoms with Gasteiger partial charge >= 0.3 is 0 Å². The van der Waals surface area contributed by atoms with E-state index in [1.165, 1.54) is 0 Å². The molecule has 0 aromatic carbocycles. The maximum atomic E-state index is 6.41. The van der Waals surface area contributed by atoms with Crippen LogP contribution < -0.4 is 5.32 Å². The van der Waals surface area contributed by atoms with Gasteiger partial charge in [0, 0.05) is 19.6 Å². The normalized spacial score (nSPS) is 21.6. The second-order valence-electron chi connectivity index (χ2n) is 5.44. The molecule has 0 saturated carbocycles. The first-order chi connectivity index (χ1) is 10.2. The fourth-order valence-corrected chi connectivity index (χ4v) is 3.17. The summed E-state index contributed by atoms with van der Waals surface area (Å²) in [6.45, 7) is 12.0. The number of ether oxygens (including phenoxy) is 1. The fraction of sp³-hybridized carbons (Fsp3) is 0.800. The fourth-order valence-electron chi connectivity index (χ4n) is 2.92. The number of rotatable bonds is 7. The minimum absolute atomic E-state index is 0.0888. The van der Waals surface area contributed by atoms with Crippen LogP contribution in [0.1, 0.15) is 38.9 Å². The lowest BCUT2D eigenvalue weighted by Crippen LogP contribution is -2.48. The summed E-state index contributed by atoms with van der Waals surface area (Å²) in [4.78, 5) is 2.42. The summed E-state index contributed by atoms with van der Waals surface area (Å²) in [7, 11) is 0. The van der Waals surface area contributed by atoms with Gasteiger partial charge < -0.3 is 10.1 Å². The summed E-state index contributed by atoms with van der Waals surface area (Å²) in [5.74, 6) is 0. The van der Waals surface area contributed by atoms with Crippen LogP contribution in [0.25, 0.3) is 0 Å². The molecule has 1 saturated heterocycles. The Kier molecular flexibility index (Phi) is 6.48. The highest BCUT2D eigenvalue weighted by Crippen LogP contribution is 2.28. The average Bonchev–Trinajstić information content (AvgIpc) is 2.86. The van der Waals surface area contributed by atoms with Gasteiger partial charge in [-0.3, -0.25) is 9.58 Å². The quantitative estimate of drug-likeness (QED) is 0.838. The van der Waals surface area contributed by atoms with Crippen molar-refractivity contribution in [2.24, 2.45) is 0 Å². The molecule has 0 amide bonds. The van der Waals surface area contributed by atoms with E-state index in [4.69, 9.17) is 16.3 Å². The number of nitrogens with zero attached hydrogens (tertiary/aromatic N) is 3. The third-order valence-electron chi connectivity index (χ3n) is 3.98. The predicted octanol–water partition coefficient (Wildman–Crippen LogP) is 2.32. The Hall–Kier alpha value is -0.620. The SMILES string of the molecule is CCCn1ncc(Cl)c1C(NCC)C1CN(CC)CCO1. The van der Waals surface area contributed by atoms with Crippen molar-refractivity contribution in [2.75, 3.05) is 32.8 Å². The molecule has 1 aromatic rings. The number of morpholine rings is 1. The number of halogens is 1. The average molecular weight is 315 g/mol. The molecule has 2 atom stereocenters. The third kappa shape index (κ3) is 3.97. The number of hydrogen-bond acceptors (Lipinski definition) is 4. The summed E-state index contributed by atoms with van der Waals surface area (Å²) < 4.78 is 8.05. The largest absolute Gasteiger partial charge is 0.374 e. The van der Waals surface area contributed by atoms with Crippen LogP contribution in [0, 0.1) is 0 Å². The highest BCUT2D eigenvalue weighted by Gasteiger charge is 2.32. The molecule has 21 heavy (non-hydrogen) atoms. The molecule has 1 N–H and O–H groups in total. The standard InChI is InChI=1S/C15H27ClN4O/c1-4-7-20-15(12(16)10-18-20)14(17-5-2)13-11-19(6-3)8-9-21-13/h10,13-14,17H,4-9,11H2,1-3H3. The number of hydrogen-bond donors (Lipinski definition) is 1. The lowest BCUT2D eigenvalue weighted by atomic mass is 10.0. The van der Waals surface area contributed by atoms with Crippen molar-refractivity contribution in [1.82, 2.24) is 20.0 Å². The van der Waals surface area contributed by atoms with Crippen LogP contribution in [0.5, 0.6) is 0 Å². The summed E-state index contributed by atoms with van der Waals surface area (Å²) in [5, 5.41) is 8.69. The highest BCUT2D eigenvalue weighted by molar-refractivity contribution is 6.31. The predicted molar refractivity (Wildman–Crippen MR) is 85.8 cm³/mol. The number of aryl methyl sites for hydroxylation is 1. The molecule has 0 spiro atoms. The van der Waals surface area contributed by atoms with Crippen molar-refractivity contribution in [2.45, 2.75) is 45.9 Å². The zero-order valence-corrected chi connectivity index (χ0v) is 14.1. The van der Waals surface area contributed by atoms with Crippen LogP contribution in [0.3, 0.4) is 0 Å². The van der Waals surface area contributed by atoms with Gasteiger partial charge in [-0.1, -0.05) is 32.4 Å². The molecule has 1 aromatic heterocycles. The van der Waals surface area contributed by atoms with Gasteiger partial charge in [0.1, 0.15) is 0 Å². The van der Waals surface area contributed by atoms with Crippen LogP contribution in [0.2, 0.25) is 5.02 Å². The molecule has 1 aliphatic heterocycles. The second kappa shape index (κ2) is 8.13. The van der Waals surface area contributed by atoms with E-state index >= 15 is 0 Å². The van der Waals surface area contributed by atoms with Crippen molar-refractivity contribution in [1.29, 1.82) is 0 Å². The van der Waals surface area contributed by atoms with Crippen LogP contribution in [0.4, 0.5) is 0 Å². The molecular formula is C15H27ClN4O. The van der Waals surface area contributed by atoms with Gasteiger partial charge in [-0.25, -0.2) is 0 Å². The van der Waals surface area contributed by atoms with Gasteiger partial charge in [0.15, 0.2) is 0 Å². The number of likely N-dealkylation sites (N-methyl/N-ethyl adjacent to an activating group) is 2. The maximum Gasteiger partial charge on any atom is 0.0912 e. The van der Waals surface area contributed by atoms with E-state index in [1.54, 1.807) is 6.20 Å². The molecule has 2 heterocycles. The Labute approximate surface area is 132 Å². The lowest BCUT2D eigenvalue weighted by molar-refractivity contribution is -0.0467. The minimum Gasteiger partial charge on any atom is -0.374 e. The Morgan fingerprint density at radius 1 is 1.48 bits per heavy atom. The van der Waals surface area contributed by atoms with E-state index < -0.39 is 0 Å². The molecule has 0 aliphatic carbocycles. The maximum absolute atomic E-state index is 6.41. The van der Waals surface area contributed by atoms with Crippen LogP contribution >= 0.6 is 11.6 Å². The lowest BCUT2D eigenvalue weighted by Gasteiger charge is -2.37. The monoisotopic (exact) mass is 314 g/mol. The van der Waals surface area contributed by atoms with Crippen molar-refractivity contribution >= 4 is 11.6 Å². The van der Waals surface area contributed by atoms with E-state index in [0.29, 0.717) is 0 Å². The number of aromatic nitrogens is 2. The first-order valence-corrected chi connectivity index (χ1v) is 8.37. The van der Waals surface area contributed by atoms with Crippen molar-refractivity contribution < 1.29 is 4.74 Å². The topological polar surface area (TPSA) is 42.3 Å². The minimum atomic E-state index is 0.0888. The van der Waals surface area contributed by atoms with Gasteiger partial charge in [0.2, 0.25) is 0 Å². The first-order valence-electron chi connectivity index (χ1n) is 7.99. The van der Waals surface area contributed by atoms with Crippen LogP contribution in [-0.4, -0.2) is 53.6 Å². The van der Waals surface area contributed by atoms with E-state index in [9.17, 15) is 0 Å². The molecular weight excluding hydrogens is 288 g/mol. The Bertz CT molecular complexity index is 437.